The van der Waals surface area contributed by atoms with Crippen LogP contribution in [0, 0.1) is 0 Å². The van der Waals surface area contributed by atoms with Gasteiger partial charge in [0.1, 0.15) is 5.54 Å². The molecule has 1 rings (SSSR count). The van der Waals surface area contributed by atoms with Crippen LogP contribution in [0.25, 0.3) is 0 Å². The van der Waals surface area contributed by atoms with Crippen molar-refractivity contribution in [1.29, 1.82) is 0 Å². The highest BCUT2D eigenvalue weighted by Gasteiger charge is 2.35. The van der Waals surface area contributed by atoms with E-state index in [4.69, 9.17) is 5.11 Å². The topological polar surface area (TPSA) is 62.0 Å². The van der Waals surface area contributed by atoms with Crippen molar-refractivity contribution < 1.29 is 9.90 Å². The number of hydrogen-bond acceptors (Lipinski definition) is 3. The lowest BCUT2D eigenvalue weighted by Crippen LogP contribution is -2.23. The van der Waals surface area contributed by atoms with Crippen molar-refractivity contribution in [2.24, 2.45) is 10.2 Å². The highest BCUT2D eigenvalue weighted by molar-refractivity contribution is 5.91. The Kier molecular flexibility index (Phi) is 2.55. The number of hydrogen-bond donors (Lipinski definition) is 1. The number of carbonyl (C=O) groups is 1. The maximum atomic E-state index is 11.0. The lowest BCUT2D eigenvalue weighted by molar-refractivity contribution is -0.133. The van der Waals surface area contributed by atoms with Crippen LogP contribution >= 0.6 is 0 Å². The lowest BCUT2D eigenvalue weighted by atomic mass is 9.94. The van der Waals surface area contributed by atoms with E-state index in [0.717, 1.165) is 5.57 Å². The molecule has 0 aromatic heterocycles. The highest BCUT2D eigenvalue weighted by atomic mass is 16.4. The summed E-state index contributed by atoms with van der Waals surface area (Å²) in [5.41, 5.74) is 1.02. The summed E-state index contributed by atoms with van der Waals surface area (Å²) in [5, 5.41) is 16.8. The van der Waals surface area contributed by atoms with Crippen molar-refractivity contribution in [2.75, 3.05) is 0 Å². The summed E-state index contributed by atoms with van der Waals surface area (Å²) >= 11 is 0. The SMILES string of the molecule is CC(C)=CC1=C(C(=O)O)C(C)(C)N=N1. The van der Waals surface area contributed by atoms with Gasteiger partial charge >= 0.3 is 5.97 Å². The molecule has 0 unspecified atom stereocenters. The first-order chi connectivity index (χ1) is 6.34. The van der Waals surface area contributed by atoms with Crippen LogP contribution in [-0.2, 0) is 4.79 Å². The molecule has 0 atom stereocenters. The zero-order chi connectivity index (χ0) is 10.9. The zero-order valence-corrected chi connectivity index (χ0v) is 8.83. The molecular formula is C10H14N2O2. The molecule has 0 amide bonds. The molecule has 1 heterocycles. The van der Waals surface area contributed by atoms with Gasteiger partial charge in [0.2, 0.25) is 0 Å². The Hall–Kier alpha value is -1.45. The van der Waals surface area contributed by atoms with E-state index in [1.807, 2.05) is 13.8 Å². The molecule has 0 radical (unpaired) electrons. The summed E-state index contributed by atoms with van der Waals surface area (Å²) < 4.78 is 0. The number of rotatable bonds is 2. The number of allylic oxidation sites excluding steroid dienone is 2. The van der Waals surface area contributed by atoms with E-state index in [1.165, 1.54) is 0 Å². The first kappa shape index (κ1) is 10.6. The van der Waals surface area contributed by atoms with Crippen LogP contribution in [0.5, 0.6) is 0 Å². The van der Waals surface area contributed by atoms with Crippen LogP contribution in [0.2, 0.25) is 0 Å². The molecule has 0 aromatic rings. The summed E-state index contributed by atoms with van der Waals surface area (Å²) in [4.78, 5) is 11.0. The minimum Gasteiger partial charge on any atom is -0.478 e. The zero-order valence-electron chi connectivity index (χ0n) is 8.83. The van der Waals surface area contributed by atoms with E-state index in [1.54, 1.807) is 19.9 Å². The summed E-state index contributed by atoms with van der Waals surface area (Å²) in [7, 11) is 0. The van der Waals surface area contributed by atoms with Gasteiger partial charge in [-0.2, -0.15) is 10.2 Å². The molecule has 0 spiro atoms. The normalized spacial score (nSPS) is 18.6. The van der Waals surface area contributed by atoms with E-state index < -0.39 is 11.5 Å². The molecule has 0 aromatic carbocycles. The van der Waals surface area contributed by atoms with E-state index in [2.05, 4.69) is 10.2 Å². The molecule has 1 N–H and O–H groups in total. The first-order valence-corrected chi connectivity index (χ1v) is 4.40. The van der Waals surface area contributed by atoms with Crippen molar-refractivity contribution >= 4 is 5.97 Å². The Balaban J connectivity index is 3.24. The molecule has 4 nitrogen and oxygen atoms in total. The number of azo groups is 1. The lowest BCUT2D eigenvalue weighted by Gasteiger charge is -2.13. The fourth-order valence-corrected chi connectivity index (χ4v) is 1.34. The fourth-order valence-electron chi connectivity index (χ4n) is 1.34. The van der Waals surface area contributed by atoms with E-state index in [9.17, 15) is 4.79 Å². The fraction of sp³-hybridized carbons (Fsp3) is 0.500. The molecule has 4 heteroatoms. The second kappa shape index (κ2) is 3.36. The predicted octanol–water partition coefficient (Wildman–Crippen LogP) is 2.54. The second-order valence-corrected chi connectivity index (χ2v) is 4.05. The molecule has 0 saturated heterocycles. The van der Waals surface area contributed by atoms with Gasteiger partial charge in [0, 0.05) is 0 Å². The largest absolute Gasteiger partial charge is 0.478 e. The van der Waals surface area contributed by atoms with Crippen molar-refractivity contribution in [3.8, 4) is 0 Å². The molecule has 14 heavy (non-hydrogen) atoms. The third-order valence-electron chi connectivity index (χ3n) is 1.91. The number of aliphatic carboxylic acids is 1. The summed E-state index contributed by atoms with van der Waals surface area (Å²) in [6, 6.07) is 0. The smallest absolute Gasteiger partial charge is 0.336 e. The van der Waals surface area contributed by atoms with Gasteiger partial charge in [-0.1, -0.05) is 5.57 Å². The first-order valence-electron chi connectivity index (χ1n) is 4.40. The average molecular weight is 194 g/mol. The van der Waals surface area contributed by atoms with Gasteiger partial charge in [-0.25, -0.2) is 4.79 Å². The Bertz CT molecular complexity index is 358. The maximum Gasteiger partial charge on any atom is 0.336 e. The van der Waals surface area contributed by atoms with Gasteiger partial charge in [-0.3, -0.25) is 0 Å². The minimum atomic E-state index is -0.951. The van der Waals surface area contributed by atoms with Crippen LogP contribution in [0.3, 0.4) is 0 Å². The Morgan fingerprint density at radius 3 is 2.43 bits per heavy atom. The Morgan fingerprint density at radius 1 is 1.43 bits per heavy atom. The Labute approximate surface area is 83.0 Å². The third-order valence-corrected chi connectivity index (χ3v) is 1.91. The summed E-state index contributed by atoms with van der Waals surface area (Å²) in [5.74, 6) is -0.951. The van der Waals surface area contributed by atoms with Crippen LogP contribution in [0.4, 0.5) is 0 Å². The molecule has 1 aliphatic heterocycles. The van der Waals surface area contributed by atoms with E-state index in [0.29, 0.717) is 5.70 Å². The number of nitrogens with zero attached hydrogens (tertiary/aromatic N) is 2. The van der Waals surface area contributed by atoms with Gasteiger partial charge < -0.3 is 5.11 Å². The standard InChI is InChI=1S/C10H14N2O2/c1-6(2)5-7-8(9(13)14)10(3,4)12-11-7/h5H,1-4H3,(H,13,14). The Morgan fingerprint density at radius 2 is 2.00 bits per heavy atom. The van der Waals surface area contributed by atoms with Crippen molar-refractivity contribution in [3.63, 3.8) is 0 Å². The van der Waals surface area contributed by atoms with Crippen molar-refractivity contribution in [3.05, 3.63) is 22.9 Å². The maximum absolute atomic E-state index is 11.0. The third kappa shape index (κ3) is 1.89. The van der Waals surface area contributed by atoms with Crippen molar-refractivity contribution in [1.82, 2.24) is 0 Å². The second-order valence-electron chi connectivity index (χ2n) is 4.05. The summed E-state index contributed by atoms with van der Waals surface area (Å²) in [6.07, 6.45) is 1.74. The van der Waals surface area contributed by atoms with Crippen LogP contribution in [0.1, 0.15) is 27.7 Å². The molecule has 0 aliphatic carbocycles. The van der Waals surface area contributed by atoms with Gasteiger partial charge in [0.05, 0.1) is 11.3 Å². The minimum absolute atomic E-state index is 0.263. The van der Waals surface area contributed by atoms with Gasteiger partial charge in [-0.05, 0) is 33.8 Å². The number of carboxylic acid groups (broad SMARTS) is 1. The number of carboxylic acids is 1. The van der Waals surface area contributed by atoms with E-state index >= 15 is 0 Å². The molecule has 0 fully saturated rings. The van der Waals surface area contributed by atoms with Crippen LogP contribution in [0.15, 0.2) is 33.1 Å². The molecule has 1 aliphatic rings. The van der Waals surface area contributed by atoms with Gasteiger partial charge in [0.15, 0.2) is 0 Å². The van der Waals surface area contributed by atoms with Gasteiger partial charge in [0.25, 0.3) is 0 Å². The predicted molar refractivity (Wildman–Crippen MR) is 53.0 cm³/mol. The van der Waals surface area contributed by atoms with Crippen molar-refractivity contribution in [2.45, 2.75) is 33.2 Å². The summed E-state index contributed by atoms with van der Waals surface area (Å²) in [6.45, 7) is 7.28. The van der Waals surface area contributed by atoms with Crippen LogP contribution < -0.4 is 0 Å². The monoisotopic (exact) mass is 194 g/mol. The molecule has 0 bridgehead atoms. The highest BCUT2D eigenvalue weighted by Crippen LogP contribution is 2.32. The molecule has 0 saturated carbocycles. The van der Waals surface area contributed by atoms with Gasteiger partial charge in [-0.15, -0.1) is 0 Å². The van der Waals surface area contributed by atoms with Crippen LogP contribution in [-0.4, -0.2) is 16.6 Å². The quantitative estimate of drug-likeness (QED) is 0.734. The van der Waals surface area contributed by atoms with E-state index in [-0.39, 0.29) is 5.57 Å². The molecule has 76 valence electrons. The molecular weight excluding hydrogens is 180 g/mol. The average Bonchev–Trinajstić information content (AvgIpc) is 2.24.